The summed E-state index contributed by atoms with van der Waals surface area (Å²) in [7, 11) is 0. The summed E-state index contributed by atoms with van der Waals surface area (Å²) < 4.78 is 1.16. The van der Waals surface area contributed by atoms with E-state index in [0.717, 1.165) is 23.5 Å². The molecular formula is C16H25BrN2. The van der Waals surface area contributed by atoms with Crippen molar-refractivity contribution in [2.45, 2.75) is 45.2 Å². The van der Waals surface area contributed by atoms with Crippen molar-refractivity contribution < 1.29 is 0 Å². The molecular weight excluding hydrogens is 300 g/mol. The normalized spacial score (nSPS) is 20.9. The van der Waals surface area contributed by atoms with Gasteiger partial charge in [-0.05, 0) is 57.0 Å². The van der Waals surface area contributed by atoms with Gasteiger partial charge in [0.2, 0.25) is 0 Å². The lowest BCUT2D eigenvalue weighted by Crippen LogP contribution is -2.44. The Kier molecular flexibility index (Phi) is 5.86. The summed E-state index contributed by atoms with van der Waals surface area (Å²) in [6, 6.07) is 10.1. The van der Waals surface area contributed by atoms with Crippen molar-refractivity contribution in [3.63, 3.8) is 0 Å². The van der Waals surface area contributed by atoms with E-state index in [0.29, 0.717) is 6.04 Å². The molecule has 2 rings (SSSR count). The summed E-state index contributed by atoms with van der Waals surface area (Å²) in [5, 5.41) is 3.49. The molecule has 0 saturated carbocycles. The minimum absolute atomic E-state index is 0.617. The summed E-state index contributed by atoms with van der Waals surface area (Å²) in [6.45, 7) is 8.20. The third-order valence-corrected chi connectivity index (χ3v) is 4.52. The molecule has 19 heavy (non-hydrogen) atoms. The molecule has 0 bridgehead atoms. The highest BCUT2D eigenvalue weighted by molar-refractivity contribution is 9.10. The maximum atomic E-state index is 3.50. The molecule has 2 nitrogen and oxygen atoms in total. The van der Waals surface area contributed by atoms with Gasteiger partial charge in [0, 0.05) is 23.1 Å². The zero-order chi connectivity index (χ0) is 13.7. The number of rotatable bonds is 6. The van der Waals surface area contributed by atoms with Crippen LogP contribution >= 0.6 is 15.9 Å². The van der Waals surface area contributed by atoms with Gasteiger partial charge >= 0.3 is 0 Å². The van der Waals surface area contributed by atoms with Crippen LogP contribution in [0.5, 0.6) is 0 Å². The largest absolute Gasteiger partial charge is 0.315 e. The molecule has 0 aliphatic carbocycles. The number of hydrogen-bond acceptors (Lipinski definition) is 2. The third kappa shape index (κ3) is 4.30. The van der Waals surface area contributed by atoms with Crippen LogP contribution in [-0.2, 0) is 6.42 Å². The monoisotopic (exact) mass is 324 g/mol. The fourth-order valence-electron chi connectivity index (χ4n) is 3.02. The van der Waals surface area contributed by atoms with Gasteiger partial charge < -0.3 is 5.32 Å². The lowest BCUT2D eigenvalue weighted by molar-refractivity contribution is 0.152. The van der Waals surface area contributed by atoms with Crippen molar-refractivity contribution in [1.82, 2.24) is 10.2 Å². The van der Waals surface area contributed by atoms with Gasteiger partial charge in [0.15, 0.2) is 0 Å². The first-order chi connectivity index (χ1) is 9.20. The third-order valence-electron chi connectivity index (χ3n) is 4.00. The Hall–Kier alpha value is -0.380. The summed E-state index contributed by atoms with van der Waals surface area (Å²) >= 11 is 3.50. The van der Waals surface area contributed by atoms with Gasteiger partial charge in [-0.1, -0.05) is 35.0 Å². The van der Waals surface area contributed by atoms with Gasteiger partial charge in [-0.15, -0.1) is 0 Å². The van der Waals surface area contributed by atoms with Crippen LogP contribution in [-0.4, -0.2) is 36.6 Å². The molecule has 1 aromatic rings. The first kappa shape index (κ1) is 15.0. The number of benzene rings is 1. The SMILES string of the molecule is CCCN(C(C)Cc1ccc(Br)cc1)C1CCNC1. The van der Waals surface area contributed by atoms with E-state index in [2.05, 4.69) is 64.3 Å². The molecule has 1 heterocycles. The standard InChI is InChI=1S/C16H25BrN2/c1-3-10-19(16-8-9-18-12-16)13(2)11-14-4-6-15(17)7-5-14/h4-7,13,16,18H,3,8-12H2,1-2H3. The fourth-order valence-corrected chi connectivity index (χ4v) is 3.29. The number of nitrogens with zero attached hydrogens (tertiary/aromatic N) is 1. The molecule has 2 unspecified atom stereocenters. The lowest BCUT2D eigenvalue weighted by atomic mass is 10.0. The van der Waals surface area contributed by atoms with E-state index in [1.165, 1.54) is 31.5 Å². The molecule has 1 saturated heterocycles. The molecule has 0 spiro atoms. The van der Waals surface area contributed by atoms with E-state index < -0.39 is 0 Å². The zero-order valence-electron chi connectivity index (χ0n) is 12.0. The average molecular weight is 325 g/mol. The molecule has 1 N–H and O–H groups in total. The van der Waals surface area contributed by atoms with Crippen molar-refractivity contribution in [2.24, 2.45) is 0 Å². The fraction of sp³-hybridized carbons (Fsp3) is 0.625. The smallest absolute Gasteiger partial charge is 0.0235 e. The molecule has 1 fully saturated rings. The maximum Gasteiger partial charge on any atom is 0.0235 e. The van der Waals surface area contributed by atoms with E-state index in [1.54, 1.807) is 0 Å². The Balaban J connectivity index is 1.98. The highest BCUT2D eigenvalue weighted by Crippen LogP contribution is 2.18. The molecule has 106 valence electrons. The quantitative estimate of drug-likeness (QED) is 0.862. The topological polar surface area (TPSA) is 15.3 Å². The summed E-state index contributed by atoms with van der Waals surface area (Å²) in [5.41, 5.74) is 1.43. The van der Waals surface area contributed by atoms with Crippen LogP contribution in [0.3, 0.4) is 0 Å². The van der Waals surface area contributed by atoms with Crippen LogP contribution in [0.2, 0.25) is 0 Å². The predicted octanol–water partition coefficient (Wildman–Crippen LogP) is 3.45. The van der Waals surface area contributed by atoms with Crippen molar-refractivity contribution in [1.29, 1.82) is 0 Å². The Morgan fingerprint density at radius 1 is 1.37 bits per heavy atom. The number of hydrogen-bond donors (Lipinski definition) is 1. The predicted molar refractivity (Wildman–Crippen MR) is 85.6 cm³/mol. The van der Waals surface area contributed by atoms with E-state index in [4.69, 9.17) is 0 Å². The highest BCUT2D eigenvalue weighted by atomic mass is 79.9. The molecule has 3 heteroatoms. The van der Waals surface area contributed by atoms with Crippen molar-refractivity contribution in [3.05, 3.63) is 34.3 Å². The van der Waals surface area contributed by atoms with Crippen LogP contribution in [0, 0.1) is 0 Å². The van der Waals surface area contributed by atoms with Gasteiger partial charge in [0.25, 0.3) is 0 Å². The van der Waals surface area contributed by atoms with Gasteiger partial charge in [-0.3, -0.25) is 4.90 Å². The second kappa shape index (κ2) is 7.41. The minimum atomic E-state index is 0.617. The molecule has 0 aromatic heterocycles. The minimum Gasteiger partial charge on any atom is -0.315 e. The van der Waals surface area contributed by atoms with Gasteiger partial charge in [-0.25, -0.2) is 0 Å². The van der Waals surface area contributed by atoms with E-state index in [1.807, 2.05) is 0 Å². The number of halogens is 1. The van der Waals surface area contributed by atoms with Gasteiger partial charge in [0.05, 0.1) is 0 Å². The summed E-state index contributed by atoms with van der Waals surface area (Å²) in [5.74, 6) is 0. The number of nitrogens with one attached hydrogen (secondary N) is 1. The molecule has 0 amide bonds. The molecule has 0 radical (unpaired) electrons. The molecule has 1 aromatic carbocycles. The first-order valence-electron chi connectivity index (χ1n) is 7.41. The molecule has 2 atom stereocenters. The van der Waals surface area contributed by atoms with Crippen LogP contribution in [0.15, 0.2) is 28.7 Å². The van der Waals surface area contributed by atoms with Crippen LogP contribution in [0.25, 0.3) is 0 Å². The Labute approximate surface area is 125 Å². The van der Waals surface area contributed by atoms with Crippen molar-refractivity contribution in [3.8, 4) is 0 Å². The Bertz CT molecular complexity index is 371. The highest BCUT2D eigenvalue weighted by Gasteiger charge is 2.25. The van der Waals surface area contributed by atoms with Crippen molar-refractivity contribution in [2.75, 3.05) is 19.6 Å². The average Bonchev–Trinajstić information content (AvgIpc) is 2.92. The van der Waals surface area contributed by atoms with Crippen LogP contribution in [0.4, 0.5) is 0 Å². The van der Waals surface area contributed by atoms with E-state index >= 15 is 0 Å². The second-order valence-electron chi connectivity index (χ2n) is 5.56. The summed E-state index contributed by atoms with van der Waals surface area (Å²) in [6.07, 6.45) is 3.68. The van der Waals surface area contributed by atoms with E-state index in [-0.39, 0.29) is 0 Å². The maximum absolute atomic E-state index is 3.50. The molecule has 1 aliphatic heterocycles. The van der Waals surface area contributed by atoms with Crippen molar-refractivity contribution >= 4 is 15.9 Å². The van der Waals surface area contributed by atoms with Gasteiger partial charge in [-0.2, -0.15) is 0 Å². The molecule has 1 aliphatic rings. The van der Waals surface area contributed by atoms with E-state index in [9.17, 15) is 0 Å². The van der Waals surface area contributed by atoms with Crippen LogP contribution in [0.1, 0.15) is 32.3 Å². The first-order valence-corrected chi connectivity index (χ1v) is 8.21. The summed E-state index contributed by atoms with van der Waals surface area (Å²) in [4.78, 5) is 2.70. The Morgan fingerprint density at radius 3 is 2.68 bits per heavy atom. The lowest BCUT2D eigenvalue weighted by Gasteiger charge is -2.34. The Morgan fingerprint density at radius 2 is 2.11 bits per heavy atom. The van der Waals surface area contributed by atoms with Crippen LogP contribution < -0.4 is 5.32 Å². The van der Waals surface area contributed by atoms with Gasteiger partial charge in [0.1, 0.15) is 0 Å². The zero-order valence-corrected chi connectivity index (χ0v) is 13.6. The second-order valence-corrected chi connectivity index (χ2v) is 6.48.